The number of ether oxygens (including phenoxy) is 1. The number of hydrogen-bond acceptors (Lipinski definition) is 4. The molecule has 0 aromatic heterocycles. The van der Waals surface area contributed by atoms with E-state index in [0.29, 0.717) is 18.7 Å². The largest absolute Gasteiger partial charge is 0.507 e. The van der Waals surface area contributed by atoms with Crippen molar-refractivity contribution in [2.75, 3.05) is 13.7 Å². The minimum Gasteiger partial charge on any atom is -0.507 e. The fourth-order valence-electron chi connectivity index (χ4n) is 3.56. The second-order valence-corrected chi connectivity index (χ2v) is 9.77. The van der Waals surface area contributed by atoms with Gasteiger partial charge in [0.15, 0.2) is 0 Å². The molecule has 0 atom stereocenters. The van der Waals surface area contributed by atoms with Crippen LogP contribution in [0.3, 0.4) is 0 Å². The van der Waals surface area contributed by atoms with Crippen LogP contribution >= 0.6 is 0 Å². The van der Waals surface area contributed by atoms with Crippen LogP contribution in [0.1, 0.15) is 27.8 Å². The zero-order valence-corrected chi connectivity index (χ0v) is 19.2. The number of hydrogen-bond donors (Lipinski definition) is 1. The van der Waals surface area contributed by atoms with E-state index in [-0.39, 0.29) is 17.2 Å². The predicted octanol–water partition coefficient (Wildman–Crippen LogP) is 4.76. The van der Waals surface area contributed by atoms with Gasteiger partial charge in [-0.25, -0.2) is 8.42 Å². The molecular weight excluding hydrogens is 410 g/mol. The average molecular weight is 440 g/mol. The average Bonchev–Trinajstić information content (AvgIpc) is 2.75. The van der Waals surface area contributed by atoms with Crippen LogP contribution in [0.4, 0.5) is 0 Å². The number of sulfonamides is 1. The third-order valence-corrected chi connectivity index (χ3v) is 7.21. The monoisotopic (exact) mass is 439 g/mol. The lowest BCUT2D eigenvalue weighted by atomic mass is 10.0. The topological polar surface area (TPSA) is 66.8 Å². The molecule has 0 heterocycles. The van der Waals surface area contributed by atoms with Gasteiger partial charge in [0.05, 0.1) is 12.0 Å². The van der Waals surface area contributed by atoms with Crippen LogP contribution in [0.15, 0.2) is 65.6 Å². The number of nitrogens with zero attached hydrogens (tertiary/aromatic N) is 1. The summed E-state index contributed by atoms with van der Waals surface area (Å²) in [5, 5.41) is 10.0. The third kappa shape index (κ3) is 5.46. The Morgan fingerprint density at radius 3 is 2.16 bits per heavy atom. The Kier molecular flexibility index (Phi) is 7.03. The number of phenolic OH excluding ortho intramolecular Hbond substituents is 1. The normalized spacial score (nSPS) is 11.6. The Balaban J connectivity index is 1.92. The molecule has 3 aromatic rings. The van der Waals surface area contributed by atoms with E-state index in [4.69, 9.17) is 4.74 Å². The molecular formula is C25H29NO4S. The predicted molar refractivity (Wildman–Crippen MR) is 123 cm³/mol. The van der Waals surface area contributed by atoms with E-state index in [1.54, 1.807) is 19.2 Å². The molecule has 0 aliphatic rings. The number of methoxy groups -OCH3 is 1. The maximum Gasteiger partial charge on any atom is 0.243 e. The lowest BCUT2D eigenvalue weighted by Crippen LogP contribution is -2.32. The van der Waals surface area contributed by atoms with Crippen molar-refractivity contribution in [2.24, 2.45) is 0 Å². The molecule has 0 aliphatic heterocycles. The van der Waals surface area contributed by atoms with Gasteiger partial charge < -0.3 is 9.84 Å². The van der Waals surface area contributed by atoms with Crippen LogP contribution in [0.5, 0.6) is 11.5 Å². The van der Waals surface area contributed by atoms with E-state index < -0.39 is 10.0 Å². The summed E-state index contributed by atoms with van der Waals surface area (Å²) in [4.78, 5) is 0.277. The number of aromatic hydroxyl groups is 1. The van der Waals surface area contributed by atoms with Crippen LogP contribution < -0.4 is 4.74 Å². The summed E-state index contributed by atoms with van der Waals surface area (Å²) in [6.07, 6.45) is 0.539. The Morgan fingerprint density at radius 2 is 1.55 bits per heavy atom. The van der Waals surface area contributed by atoms with Crippen molar-refractivity contribution in [3.05, 3.63) is 88.5 Å². The van der Waals surface area contributed by atoms with Crippen LogP contribution in [-0.2, 0) is 23.0 Å². The summed E-state index contributed by atoms with van der Waals surface area (Å²) in [5.41, 5.74) is 4.43. The minimum atomic E-state index is -3.69. The highest BCUT2D eigenvalue weighted by Crippen LogP contribution is 2.25. The Labute approximate surface area is 185 Å². The van der Waals surface area contributed by atoms with Crippen LogP contribution in [-0.4, -0.2) is 31.5 Å². The molecule has 5 nitrogen and oxygen atoms in total. The Morgan fingerprint density at radius 1 is 0.903 bits per heavy atom. The summed E-state index contributed by atoms with van der Waals surface area (Å²) in [6.45, 7) is 6.19. The van der Waals surface area contributed by atoms with E-state index in [0.717, 1.165) is 27.8 Å². The maximum atomic E-state index is 13.5. The minimum absolute atomic E-state index is 0.240. The second-order valence-electron chi connectivity index (χ2n) is 7.83. The van der Waals surface area contributed by atoms with Crippen LogP contribution in [0.25, 0.3) is 0 Å². The molecule has 1 N–H and O–H groups in total. The van der Waals surface area contributed by atoms with Crippen molar-refractivity contribution in [3.8, 4) is 11.5 Å². The molecule has 31 heavy (non-hydrogen) atoms. The molecule has 0 amide bonds. The fraction of sp³-hybridized carbons (Fsp3) is 0.280. The molecule has 0 aliphatic carbocycles. The van der Waals surface area contributed by atoms with Gasteiger partial charge >= 0.3 is 0 Å². The first-order valence-corrected chi connectivity index (χ1v) is 11.6. The summed E-state index contributed by atoms with van der Waals surface area (Å²) < 4.78 is 33.7. The fourth-order valence-corrected chi connectivity index (χ4v) is 4.99. The summed E-state index contributed by atoms with van der Waals surface area (Å²) in [7, 11) is -2.10. The summed E-state index contributed by atoms with van der Waals surface area (Å²) >= 11 is 0. The van der Waals surface area contributed by atoms with E-state index in [2.05, 4.69) is 0 Å². The van der Waals surface area contributed by atoms with Crippen LogP contribution in [0.2, 0.25) is 0 Å². The number of phenols is 1. The van der Waals surface area contributed by atoms with Gasteiger partial charge in [-0.3, -0.25) is 0 Å². The van der Waals surface area contributed by atoms with Crippen LogP contribution in [0, 0.1) is 20.8 Å². The SMILES string of the molecule is COc1cccc(CN(CCc2cc(C)c(O)c(C)c2)S(=O)(=O)c2ccc(C)cc2)c1. The molecule has 0 radical (unpaired) electrons. The molecule has 164 valence electrons. The van der Waals surface area contributed by atoms with Gasteiger partial charge in [-0.05, 0) is 73.7 Å². The molecule has 3 rings (SSSR count). The maximum absolute atomic E-state index is 13.5. The number of aryl methyl sites for hydroxylation is 3. The molecule has 0 saturated carbocycles. The smallest absolute Gasteiger partial charge is 0.243 e. The Bertz CT molecular complexity index is 1130. The van der Waals surface area contributed by atoms with Crippen molar-refractivity contribution in [1.82, 2.24) is 4.31 Å². The van der Waals surface area contributed by atoms with Gasteiger partial charge in [0.1, 0.15) is 11.5 Å². The van der Waals surface area contributed by atoms with Gasteiger partial charge in [0.2, 0.25) is 10.0 Å². The van der Waals surface area contributed by atoms with E-state index in [1.165, 1.54) is 4.31 Å². The molecule has 0 unspecified atom stereocenters. The standard InChI is InChI=1S/C25H29NO4S/c1-18-8-10-24(11-9-18)31(28,29)26(17-22-6-5-7-23(16-22)30-4)13-12-21-14-19(2)25(27)20(3)15-21/h5-11,14-16,27H,12-13,17H2,1-4H3. The first-order valence-electron chi connectivity index (χ1n) is 10.2. The molecule has 0 spiro atoms. The first-order chi connectivity index (χ1) is 14.7. The second kappa shape index (κ2) is 9.54. The van der Waals surface area contributed by atoms with Crippen molar-refractivity contribution in [1.29, 1.82) is 0 Å². The summed E-state index contributed by atoms with van der Waals surface area (Å²) in [6, 6.07) is 18.2. The van der Waals surface area contributed by atoms with Crippen molar-refractivity contribution < 1.29 is 18.3 Å². The van der Waals surface area contributed by atoms with E-state index in [9.17, 15) is 13.5 Å². The zero-order chi connectivity index (χ0) is 22.6. The van der Waals surface area contributed by atoms with Gasteiger partial charge in [-0.15, -0.1) is 0 Å². The quantitative estimate of drug-likeness (QED) is 0.550. The van der Waals surface area contributed by atoms with Gasteiger partial charge in [0, 0.05) is 13.1 Å². The molecule has 0 fully saturated rings. The van der Waals surface area contributed by atoms with Crippen molar-refractivity contribution >= 4 is 10.0 Å². The zero-order valence-electron chi connectivity index (χ0n) is 18.4. The molecule has 0 saturated heterocycles. The van der Waals surface area contributed by atoms with Crippen molar-refractivity contribution in [2.45, 2.75) is 38.6 Å². The summed E-state index contributed by atoms with van der Waals surface area (Å²) in [5.74, 6) is 0.972. The number of benzene rings is 3. The van der Waals surface area contributed by atoms with Crippen molar-refractivity contribution in [3.63, 3.8) is 0 Å². The highest BCUT2D eigenvalue weighted by molar-refractivity contribution is 7.89. The van der Waals surface area contributed by atoms with Gasteiger partial charge in [-0.2, -0.15) is 4.31 Å². The molecule has 3 aromatic carbocycles. The van der Waals surface area contributed by atoms with Gasteiger partial charge in [-0.1, -0.05) is 42.0 Å². The highest BCUT2D eigenvalue weighted by atomic mass is 32.2. The lowest BCUT2D eigenvalue weighted by Gasteiger charge is -2.23. The highest BCUT2D eigenvalue weighted by Gasteiger charge is 2.25. The molecule has 0 bridgehead atoms. The first kappa shape index (κ1) is 22.8. The third-order valence-electron chi connectivity index (χ3n) is 5.35. The Hall–Kier alpha value is -2.83. The van der Waals surface area contributed by atoms with E-state index >= 15 is 0 Å². The molecule has 6 heteroatoms. The lowest BCUT2D eigenvalue weighted by molar-refractivity contribution is 0.401. The van der Waals surface area contributed by atoms with Gasteiger partial charge in [0.25, 0.3) is 0 Å². The van der Waals surface area contributed by atoms with E-state index in [1.807, 2.05) is 69.3 Å². The number of rotatable bonds is 8.